The molecular formula is C12H26AlBr. The summed E-state index contributed by atoms with van der Waals surface area (Å²) in [6, 6.07) is 0. The van der Waals surface area contributed by atoms with Gasteiger partial charge in [-0.25, -0.2) is 14.1 Å². The van der Waals surface area contributed by atoms with Crippen LogP contribution in [0.2, 0.25) is 10.6 Å². The molecule has 0 aromatic carbocycles. The molecule has 0 aromatic heterocycles. The van der Waals surface area contributed by atoms with Crippen molar-refractivity contribution in [2.45, 2.75) is 63.9 Å². The van der Waals surface area contributed by atoms with Crippen molar-refractivity contribution in [3.05, 3.63) is 0 Å². The van der Waals surface area contributed by atoms with Crippen LogP contribution in [0.3, 0.4) is 0 Å². The van der Waals surface area contributed by atoms with Crippen LogP contribution < -0.4 is 0 Å². The van der Waals surface area contributed by atoms with Gasteiger partial charge in [0.15, 0.2) is 0 Å². The Morgan fingerprint density at radius 1 is 0.929 bits per heavy atom. The Bertz CT molecular complexity index is 113. The van der Waals surface area contributed by atoms with Crippen molar-refractivity contribution in [3.63, 3.8) is 0 Å². The molecule has 0 radical (unpaired) electrons. The molecule has 0 aliphatic heterocycles. The lowest BCUT2D eigenvalue weighted by Crippen LogP contribution is -2.12. The van der Waals surface area contributed by atoms with Crippen molar-refractivity contribution >= 4 is 26.4 Å². The smallest absolute Gasteiger partial charge is 0.217 e. The molecule has 0 aliphatic carbocycles. The molecule has 0 spiro atoms. The van der Waals surface area contributed by atoms with Crippen LogP contribution in [0.25, 0.3) is 0 Å². The fourth-order valence-electron chi connectivity index (χ4n) is 2.19. The maximum absolute atomic E-state index is 3.96. The zero-order valence-electron chi connectivity index (χ0n) is 10.4. The summed E-state index contributed by atoms with van der Waals surface area (Å²) in [5.74, 6) is 1.90. The summed E-state index contributed by atoms with van der Waals surface area (Å²) in [6.45, 7) is 9.41. The molecule has 0 aliphatic rings. The van der Waals surface area contributed by atoms with Crippen molar-refractivity contribution in [2.24, 2.45) is 11.8 Å². The maximum Gasteiger partial charge on any atom is 0.366 e. The van der Waals surface area contributed by atoms with Crippen LogP contribution in [-0.4, -0.2) is 12.3 Å². The molecule has 84 valence electrons. The van der Waals surface area contributed by atoms with Crippen molar-refractivity contribution in [3.8, 4) is 0 Å². The van der Waals surface area contributed by atoms with E-state index in [4.69, 9.17) is 0 Å². The van der Waals surface area contributed by atoms with Gasteiger partial charge in [0.2, 0.25) is 0 Å². The third kappa shape index (κ3) is 8.33. The van der Waals surface area contributed by atoms with Crippen LogP contribution in [0.15, 0.2) is 0 Å². The highest BCUT2D eigenvalue weighted by Gasteiger charge is 2.19. The van der Waals surface area contributed by atoms with Gasteiger partial charge in [-0.1, -0.05) is 75.8 Å². The average Bonchev–Trinajstić information content (AvgIpc) is 2.03. The lowest BCUT2D eigenvalue weighted by molar-refractivity contribution is 0.553. The fraction of sp³-hybridized carbons (Fsp3) is 1.00. The van der Waals surface area contributed by atoms with Crippen LogP contribution in [0, 0.1) is 11.8 Å². The van der Waals surface area contributed by atoms with E-state index in [1.807, 2.05) is 0 Å². The van der Waals surface area contributed by atoms with E-state index in [9.17, 15) is 0 Å². The first-order valence-corrected chi connectivity index (χ1v) is 11.1. The molecule has 14 heavy (non-hydrogen) atoms. The summed E-state index contributed by atoms with van der Waals surface area (Å²) in [4.78, 5) is 0. The van der Waals surface area contributed by atoms with Gasteiger partial charge in [-0.05, 0) is 0 Å². The first-order chi connectivity index (χ1) is 6.60. The highest BCUT2D eigenvalue weighted by atomic mass is 79.9. The largest absolute Gasteiger partial charge is 0.366 e. The van der Waals surface area contributed by atoms with Gasteiger partial charge in [-0.3, -0.25) is 0 Å². The van der Waals surface area contributed by atoms with Crippen molar-refractivity contribution in [1.82, 2.24) is 0 Å². The lowest BCUT2D eigenvalue weighted by Gasteiger charge is -2.15. The van der Waals surface area contributed by atoms with Crippen LogP contribution >= 0.6 is 14.1 Å². The molecule has 0 saturated carbocycles. The molecule has 0 amide bonds. The summed E-state index contributed by atoms with van der Waals surface area (Å²) >= 11 is 3.39. The van der Waals surface area contributed by atoms with E-state index in [-0.39, 0.29) is 0 Å². The van der Waals surface area contributed by atoms with Gasteiger partial charge in [0.1, 0.15) is 0 Å². The quantitative estimate of drug-likeness (QED) is 0.532. The minimum absolute atomic E-state index is 0.569. The summed E-state index contributed by atoms with van der Waals surface area (Å²) in [6.07, 6.45) is 5.52. The van der Waals surface area contributed by atoms with Gasteiger partial charge >= 0.3 is 12.3 Å². The standard InChI is InChI=1S/2C6H13.Al.BrH/c2*1-4-5-6(2)3;;/h2*6H,2,4-5H2,1,3H3;;1H/q;;+1;/p-1. The van der Waals surface area contributed by atoms with E-state index < -0.39 is 12.3 Å². The molecule has 0 bridgehead atoms. The number of hydrogen-bond donors (Lipinski definition) is 0. The minimum atomic E-state index is -0.569. The molecule has 0 N–H and O–H groups in total. The molecule has 2 heteroatoms. The van der Waals surface area contributed by atoms with E-state index in [0.29, 0.717) is 0 Å². The minimum Gasteiger partial charge on any atom is -0.217 e. The summed E-state index contributed by atoms with van der Waals surface area (Å²) < 4.78 is 0. The topological polar surface area (TPSA) is 0 Å². The molecule has 0 heterocycles. The third-order valence-electron chi connectivity index (χ3n) is 2.88. The third-order valence-corrected chi connectivity index (χ3v) is 7.75. The highest BCUT2D eigenvalue weighted by Crippen LogP contribution is 2.23. The second-order valence-corrected chi connectivity index (χ2v) is 10.9. The second-order valence-electron chi connectivity index (χ2n) is 4.86. The van der Waals surface area contributed by atoms with E-state index in [2.05, 4.69) is 41.7 Å². The molecule has 0 fully saturated rings. The maximum atomic E-state index is 3.96. The van der Waals surface area contributed by atoms with Gasteiger partial charge in [-0.15, -0.1) is 0 Å². The summed E-state index contributed by atoms with van der Waals surface area (Å²) in [7, 11) is 0. The number of rotatable bonds is 8. The first-order valence-electron chi connectivity index (χ1n) is 6.24. The van der Waals surface area contributed by atoms with Crippen molar-refractivity contribution in [1.29, 1.82) is 0 Å². The molecule has 0 saturated heterocycles. The molecule has 0 nitrogen and oxygen atoms in total. The van der Waals surface area contributed by atoms with Crippen LogP contribution in [0.5, 0.6) is 0 Å². The normalized spacial score (nSPS) is 15.2. The van der Waals surface area contributed by atoms with Crippen LogP contribution in [0.4, 0.5) is 0 Å². The zero-order chi connectivity index (χ0) is 11.0. The molecular weight excluding hydrogens is 251 g/mol. The Hall–Kier alpha value is 1.01. The van der Waals surface area contributed by atoms with E-state index >= 15 is 0 Å². The van der Waals surface area contributed by atoms with E-state index in [1.54, 1.807) is 0 Å². The molecule has 2 unspecified atom stereocenters. The van der Waals surface area contributed by atoms with Crippen molar-refractivity contribution in [2.75, 3.05) is 0 Å². The Morgan fingerprint density at radius 2 is 1.29 bits per heavy atom. The van der Waals surface area contributed by atoms with Gasteiger partial charge in [-0.2, -0.15) is 0 Å². The SMILES string of the molecule is CCCC(C)[CH2][Al]([Br])[CH2]C(C)CCC. The average molecular weight is 277 g/mol. The predicted molar refractivity (Wildman–Crippen MR) is 72.4 cm³/mol. The van der Waals surface area contributed by atoms with Gasteiger partial charge in [0.25, 0.3) is 0 Å². The van der Waals surface area contributed by atoms with Gasteiger partial charge in [0, 0.05) is 0 Å². The Kier molecular flexibility index (Phi) is 9.92. The summed E-state index contributed by atoms with van der Waals surface area (Å²) in [5.41, 5.74) is 0. The second kappa shape index (κ2) is 9.25. The first kappa shape index (κ1) is 15.0. The highest BCUT2D eigenvalue weighted by molar-refractivity contribution is 9.24. The predicted octanol–water partition coefficient (Wildman–Crippen LogP) is 5.25. The Labute approximate surface area is 102 Å². The van der Waals surface area contributed by atoms with Crippen LogP contribution in [-0.2, 0) is 0 Å². The molecule has 0 rings (SSSR count). The van der Waals surface area contributed by atoms with Gasteiger partial charge in [0.05, 0.1) is 0 Å². The molecule has 2 atom stereocenters. The number of hydrogen-bond acceptors (Lipinski definition) is 0. The summed E-state index contributed by atoms with van der Waals surface area (Å²) in [5, 5.41) is 2.98. The molecule has 0 aromatic rings. The number of halogens is 1. The van der Waals surface area contributed by atoms with E-state index in [1.165, 1.54) is 36.2 Å². The zero-order valence-corrected chi connectivity index (χ0v) is 13.1. The Balaban J connectivity index is 3.57. The van der Waals surface area contributed by atoms with E-state index in [0.717, 1.165) is 11.8 Å². The van der Waals surface area contributed by atoms with Crippen LogP contribution in [0.1, 0.15) is 53.4 Å². The lowest BCUT2D eigenvalue weighted by atomic mass is 10.1. The Morgan fingerprint density at radius 3 is 1.57 bits per heavy atom. The van der Waals surface area contributed by atoms with Gasteiger partial charge < -0.3 is 0 Å². The monoisotopic (exact) mass is 276 g/mol. The fourth-order valence-corrected chi connectivity index (χ4v) is 8.43. The van der Waals surface area contributed by atoms with Crippen molar-refractivity contribution < 1.29 is 0 Å².